The summed E-state index contributed by atoms with van der Waals surface area (Å²) in [5, 5.41) is 0. The predicted octanol–water partition coefficient (Wildman–Crippen LogP) is 1.12. The molecule has 1 atom stereocenters. The Balaban J connectivity index is 2.99. The number of ether oxygens (including phenoxy) is 2. The van der Waals surface area contributed by atoms with Crippen molar-refractivity contribution in [1.82, 2.24) is 0 Å². The number of carbonyl (C=O) groups is 3. The summed E-state index contributed by atoms with van der Waals surface area (Å²) in [7, 11) is 2.42. The standard InChI is InChI=1S/C13H18O5/c1-7(2)9-5-8(6-10(9)14)11(12(15)17-3)13(16)18-4/h5,7-8,11H,6H2,1-4H3. The second-order valence-corrected chi connectivity index (χ2v) is 4.59. The lowest BCUT2D eigenvalue weighted by atomic mass is 9.92. The molecule has 0 bridgehead atoms. The zero-order valence-corrected chi connectivity index (χ0v) is 11.1. The molecule has 0 saturated heterocycles. The Kier molecular flexibility index (Phi) is 4.64. The highest BCUT2D eigenvalue weighted by molar-refractivity contribution is 6.02. The number of Topliss-reactive ketones (excluding diaryl/α,β-unsaturated/α-hetero) is 1. The number of methoxy groups -OCH3 is 2. The second kappa shape index (κ2) is 5.80. The van der Waals surface area contributed by atoms with Gasteiger partial charge < -0.3 is 9.47 Å². The number of esters is 2. The van der Waals surface area contributed by atoms with Crippen molar-refractivity contribution >= 4 is 17.7 Å². The number of rotatable bonds is 4. The van der Waals surface area contributed by atoms with Gasteiger partial charge >= 0.3 is 11.9 Å². The third kappa shape index (κ3) is 2.78. The molecule has 0 aromatic rings. The summed E-state index contributed by atoms with van der Waals surface area (Å²) >= 11 is 0. The maximum absolute atomic E-state index is 11.8. The molecule has 0 N–H and O–H groups in total. The van der Waals surface area contributed by atoms with Crippen LogP contribution >= 0.6 is 0 Å². The fourth-order valence-corrected chi connectivity index (χ4v) is 2.14. The van der Waals surface area contributed by atoms with Crippen LogP contribution < -0.4 is 0 Å². The van der Waals surface area contributed by atoms with E-state index in [1.54, 1.807) is 6.08 Å². The minimum absolute atomic E-state index is 0.0205. The van der Waals surface area contributed by atoms with Crippen LogP contribution in [0.15, 0.2) is 11.6 Å². The van der Waals surface area contributed by atoms with Crippen molar-refractivity contribution in [3.8, 4) is 0 Å². The fraction of sp³-hybridized carbons (Fsp3) is 0.615. The molecule has 0 aliphatic heterocycles. The van der Waals surface area contributed by atoms with E-state index in [4.69, 9.17) is 0 Å². The van der Waals surface area contributed by atoms with E-state index in [0.29, 0.717) is 5.57 Å². The zero-order chi connectivity index (χ0) is 13.9. The van der Waals surface area contributed by atoms with E-state index >= 15 is 0 Å². The molecule has 5 nitrogen and oxygen atoms in total. The van der Waals surface area contributed by atoms with Gasteiger partial charge in [0.2, 0.25) is 0 Å². The molecule has 100 valence electrons. The summed E-state index contributed by atoms with van der Waals surface area (Å²) in [6, 6.07) is 0. The first kappa shape index (κ1) is 14.4. The Hall–Kier alpha value is -1.65. The van der Waals surface area contributed by atoms with E-state index in [1.165, 1.54) is 14.2 Å². The highest BCUT2D eigenvalue weighted by Crippen LogP contribution is 2.32. The first-order valence-electron chi connectivity index (χ1n) is 5.82. The number of hydrogen-bond acceptors (Lipinski definition) is 5. The van der Waals surface area contributed by atoms with Crippen LogP contribution in [0.25, 0.3) is 0 Å². The number of carbonyl (C=O) groups excluding carboxylic acids is 3. The van der Waals surface area contributed by atoms with E-state index in [-0.39, 0.29) is 18.1 Å². The van der Waals surface area contributed by atoms with Crippen molar-refractivity contribution < 1.29 is 23.9 Å². The van der Waals surface area contributed by atoms with Crippen LogP contribution in [0.3, 0.4) is 0 Å². The third-order valence-corrected chi connectivity index (χ3v) is 3.10. The van der Waals surface area contributed by atoms with Crippen molar-refractivity contribution in [3.05, 3.63) is 11.6 Å². The lowest BCUT2D eigenvalue weighted by Crippen LogP contribution is -2.32. The number of allylic oxidation sites excluding steroid dienone is 2. The molecule has 0 heterocycles. The summed E-state index contributed by atoms with van der Waals surface area (Å²) < 4.78 is 9.20. The summed E-state index contributed by atoms with van der Waals surface area (Å²) in [6.45, 7) is 3.80. The topological polar surface area (TPSA) is 69.7 Å². The number of ketones is 1. The van der Waals surface area contributed by atoms with Crippen molar-refractivity contribution in [3.63, 3.8) is 0 Å². The molecule has 1 aliphatic carbocycles. The molecule has 1 unspecified atom stereocenters. The Labute approximate surface area is 106 Å². The fourth-order valence-electron chi connectivity index (χ4n) is 2.14. The Morgan fingerprint density at radius 3 is 2.06 bits per heavy atom. The normalized spacial score (nSPS) is 19.1. The predicted molar refractivity (Wildman–Crippen MR) is 63.6 cm³/mol. The average Bonchev–Trinajstić information content (AvgIpc) is 2.70. The maximum Gasteiger partial charge on any atom is 0.320 e. The van der Waals surface area contributed by atoms with E-state index in [9.17, 15) is 14.4 Å². The second-order valence-electron chi connectivity index (χ2n) is 4.59. The quantitative estimate of drug-likeness (QED) is 0.555. The van der Waals surface area contributed by atoms with Gasteiger partial charge in [-0.25, -0.2) is 0 Å². The molecule has 1 rings (SSSR count). The lowest BCUT2D eigenvalue weighted by molar-refractivity contribution is -0.160. The van der Waals surface area contributed by atoms with Gasteiger partial charge in [0.15, 0.2) is 11.7 Å². The molecule has 5 heteroatoms. The SMILES string of the molecule is COC(=O)C(C(=O)OC)C1C=C(C(C)C)C(=O)C1. The Bertz CT molecular complexity index is 378. The van der Waals surface area contributed by atoms with E-state index in [0.717, 1.165) is 0 Å². The number of hydrogen-bond donors (Lipinski definition) is 0. The van der Waals surface area contributed by atoms with Crippen LogP contribution in [0.1, 0.15) is 20.3 Å². The highest BCUT2D eigenvalue weighted by Gasteiger charge is 2.40. The summed E-state index contributed by atoms with van der Waals surface area (Å²) in [4.78, 5) is 35.0. The van der Waals surface area contributed by atoms with Gasteiger partial charge in [0, 0.05) is 12.3 Å². The van der Waals surface area contributed by atoms with Gasteiger partial charge in [-0.1, -0.05) is 19.9 Å². The molecular weight excluding hydrogens is 236 g/mol. The molecule has 0 aromatic carbocycles. The first-order chi connectivity index (χ1) is 8.42. The minimum Gasteiger partial charge on any atom is -0.468 e. The molecular formula is C13H18O5. The van der Waals surface area contributed by atoms with E-state index in [1.807, 2.05) is 13.8 Å². The smallest absolute Gasteiger partial charge is 0.320 e. The molecule has 0 aromatic heterocycles. The van der Waals surface area contributed by atoms with Gasteiger partial charge in [-0.05, 0) is 11.5 Å². The van der Waals surface area contributed by atoms with Gasteiger partial charge in [0.05, 0.1) is 14.2 Å². The average molecular weight is 254 g/mol. The first-order valence-corrected chi connectivity index (χ1v) is 5.82. The van der Waals surface area contributed by atoms with Gasteiger partial charge in [-0.3, -0.25) is 14.4 Å². The van der Waals surface area contributed by atoms with Crippen molar-refractivity contribution in [2.75, 3.05) is 14.2 Å². The maximum atomic E-state index is 11.8. The molecule has 1 aliphatic rings. The lowest BCUT2D eigenvalue weighted by Gasteiger charge is -2.16. The molecule has 0 saturated carbocycles. The molecule has 0 amide bonds. The van der Waals surface area contributed by atoms with Gasteiger partial charge in [0.1, 0.15) is 0 Å². The van der Waals surface area contributed by atoms with Gasteiger partial charge in [-0.2, -0.15) is 0 Å². The Morgan fingerprint density at radius 2 is 1.72 bits per heavy atom. The van der Waals surface area contributed by atoms with Crippen molar-refractivity contribution in [1.29, 1.82) is 0 Å². The minimum atomic E-state index is -1.06. The van der Waals surface area contributed by atoms with Gasteiger partial charge in [0.25, 0.3) is 0 Å². The van der Waals surface area contributed by atoms with Gasteiger partial charge in [-0.15, -0.1) is 0 Å². The zero-order valence-electron chi connectivity index (χ0n) is 11.1. The monoisotopic (exact) mass is 254 g/mol. The summed E-state index contributed by atoms with van der Waals surface area (Å²) in [6.07, 6.45) is 1.86. The highest BCUT2D eigenvalue weighted by atomic mass is 16.5. The molecule has 18 heavy (non-hydrogen) atoms. The van der Waals surface area contributed by atoms with Crippen molar-refractivity contribution in [2.24, 2.45) is 17.8 Å². The Morgan fingerprint density at radius 1 is 1.22 bits per heavy atom. The largest absolute Gasteiger partial charge is 0.468 e. The molecule has 0 spiro atoms. The van der Waals surface area contributed by atoms with Crippen LogP contribution in [0.2, 0.25) is 0 Å². The van der Waals surface area contributed by atoms with Crippen molar-refractivity contribution in [2.45, 2.75) is 20.3 Å². The van der Waals surface area contributed by atoms with E-state index < -0.39 is 23.8 Å². The molecule has 0 fully saturated rings. The third-order valence-electron chi connectivity index (χ3n) is 3.10. The van der Waals surface area contributed by atoms with Crippen LogP contribution in [0, 0.1) is 17.8 Å². The van der Waals surface area contributed by atoms with E-state index in [2.05, 4.69) is 9.47 Å². The van der Waals surface area contributed by atoms with Crippen LogP contribution in [-0.2, 0) is 23.9 Å². The summed E-state index contributed by atoms with van der Waals surface area (Å²) in [5.41, 5.74) is 0.665. The van der Waals surface area contributed by atoms with Crippen LogP contribution in [0.5, 0.6) is 0 Å². The van der Waals surface area contributed by atoms with Crippen LogP contribution in [-0.4, -0.2) is 31.9 Å². The van der Waals surface area contributed by atoms with Crippen LogP contribution in [0.4, 0.5) is 0 Å². The molecule has 0 radical (unpaired) electrons. The summed E-state index contributed by atoms with van der Waals surface area (Å²) in [5.74, 6) is -2.79.